The number of fused-ring (bicyclic) bond motifs is 1. The highest BCUT2D eigenvalue weighted by molar-refractivity contribution is 5.97. The Labute approximate surface area is 216 Å². The van der Waals surface area contributed by atoms with E-state index < -0.39 is 5.97 Å². The number of nitrogen functional groups attached to an aromatic ring is 1. The number of nitrogens with one attached hydrogen (secondary N) is 1. The molecule has 9 heteroatoms. The molecule has 0 saturated carbocycles. The van der Waals surface area contributed by atoms with Gasteiger partial charge in [-0.2, -0.15) is 5.10 Å². The number of carbonyl (C=O) groups is 2. The van der Waals surface area contributed by atoms with Crippen LogP contribution in [0.3, 0.4) is 0 Å². The predicted octanol–water partition coefficient (Wildman–Crippen LogP) is 4.81. The lowest BCUT2D eigenvalue weighted by Gasteiger charge is -2.11. The molecule has 0 spiro atoms. The largest absolute Gasteiger partial charge is 0.478 e. The molecule has 1 amide bonds. The summed E-state index contributed by atoms with van der Waals surface area (Å²) >= 11 is 0. The molecule has 0 aliphatic heterocycles. The van der Waals surface area contributed by atoms with E-state index in [1.54, 1.807) is 65.3 Å². The number of hydrogen-bond donors (Lipinski definition) is 3. The van der Waals surface area contributed by atoms with Crippen LogP contribution < -0.4 is 11.1 Å². The monoisotopic (exact) mass is 507 g/mol. The molecule has 4 N–H and O–H groups in total. The van der Waals surface area contributed by atoms with E-state index in [1.807, 2.05) is 18.2 Å². The van der Waals surface area contributed by atoms with E-state index >= 15 is 0 Å². The van der Waals surface area contributed by atoms with Crippen LogP contribution in [0, 0.1) is 5.82 Å². The van der Waals surface area contributed by atoms with Gasteiger partial charge in [-0.1, -0.05) is 18.2 Å². The van der Waals surface area contributed by atoms with Crippen LogP contribution in [0.15, 0.2) is 91.1 Å². The zero-order chi connectivity index (χ0) is 26.6. The lowest BCUT2D eigenvalue weighted by atomic mass is 9.98. The molecule has 0 saturated heterocycles. The van der Waals surface area contributed by atoms with Gasteiger partial charge in [0.15, 0.2) is 0 Å². The number of nitrogens with two attached hydrogens (primary N) is 1. The van der Waals surface area contributed by atoms with Crippen molar-refractivity contribution < 1.29 is 19.1 Å². The van der Waals surface area contributed by atoms with Crippen LogP contribution in [0.5, 0.6) is 0 Å². The number of benzene rings is 2. The number of halogens is 1. The molecule has 188 valence electrons. The highest BCUT2D eigenvalue weighted by Crippen LogP contribution is 2.31. The fourth-order valence-electron chi connectivity index (χ4n) is 4.07. The second-order valence-corrected chi connectivity index (χ2v) is 8.53. The topological polar surface area (TPSA) is 123 Å². The molecule has 0 fully saturated rings. The summed E-state index contributed by atoms with van der Waals surface area (Å²) in [6.45, 7) is 0.161. The number of anilines is 1. The summed E-state index contributed by atoms with van der Waals surface area (Å²) in [4.78, 5) is 28.2. The van der Waals surface area contributed by atoms with Gasteiger partial charge in [0.1, 0.15) is 11.6 Å². The third-order valence-electron chi connectivity index (χ3n) is 5.90. The second-order valence-electron chi connectivity index (χ2n) is 8.53. The van der Waals surface area contributed by atoms with Crippen molar-refractivity contribution in [3.8, 4) is 22.4 Å². The van der Waals surface area contributed by atoms with Gasteiger partial charge in [-0.25, -0.2) is 18.7 Å². The number of hydrogen-bond acceptors (Lipinski definition) is 5. The third kappa shape index (κ3) is 5.26. The number of aromatic carboxylic acids is 1. The van der Waals surface area contributed by atoms with E-state index in [-0.39, 0.29) is 23.8 Å². The first kappa shape index (κ1) is 24.4. The molecule has 38 heavy (non-hydrogen) atoms. The standard InChI is InChI=1S/C29H22FN5O3/c30-21-9-7-19(8-10-21)26-14-20(24-3-1-2-4-25(24)29(37)38)13-23-15-22(34-35(23)26)17-33-28(36)12-6-18-5-11-27(31)32-16-18/h1-16H,17H2,(H2,31,32)(H,33,36)(H,37,38). The molecule has 0 aliphatic rings. The lowest BCUT2D eigenvalue weighted by molar-refractivity contribution is -0.116. The van der Waals surface area contributed by atoms with Crippen molar-refractivity contribution in [2.45, 2.75) is 6.54 Å². The van der Waals surface area contributed by atoms with Crippen LogP contribution in [0.2, 0.25) is 0 Å². The zero-order valence-electron chi connectivity index (χ0n) is 20.0. The number of carbonyl (C=O) groups excluding carboxylic acids is 1. The van der Waals surface area contributed by atoms with Crippen LogP contribution in [-0.4, -0.2) is 31.6 Å². The van der Waals surface area contributed by atoms with Crippen molar-refractivity contribution >= 4 is 29.3 Å². The Bertz CT molecular complexity index is 1680. The van der Waals surface area contributed by atoms with E-state index in [9.17, 15) is 19.1 Å². The van der Waals surface area contributed by atoms with Gasteiger partial charge in [0.2, 0.25) is 5.91 Å². The molecule has 5 rings (SSSR count). The van der Waals surface area contributed by atoms with Gasteiger partial charge in [-0.3, -0.25) is 4.79 Å². The van der Waals surface area contributed by atoms with E-state index in [1.165, 1.54) is 18.2 Å². The summed E-state index contributed by atoms with van der Waals surface area (Å²) in [6.07, 6.45) is 4.59. The zero-order valence-corrected chi connectivity index (χ0v) is 20.0. The Morgan fingerprint density at radius 2 is 1.79 bits per heavy atom. The van der Waals surface area contributed by atoms with Crippen molar-refractivity contribution in [3.05, 3.63) is 114 Å². The highest BCUT2D eigenvalue weighted by Gasteiger charge is 2.16. The molecular formula is C29H22FN5O3. The molecule has 2 aromatic carbocycles. The Hall–Kier alpha value is -5.31. The Morgan fingerprint density at radius 1 is 1.00 bits per heavy atom. The number of carboxylic acids is 1. The van der Waals surface area contributed by atoms with Gasteiger partial charge in [-0.05, 0) is 83.4 Å². The third-order valence-corrected chi connectivity index (χ3v) is 5.90. The number of pyridine rings is 2. The molecule has 0 radical (unpaired) electrons. The molecular weight excluding hydrogens is 485 g/mol. The van der Waals surface area contributed by atoms with Crippen LogP contribution >= 0.6 is 0 Å². The van der Waals surface area contributed by atoms with Gasteiger partial charge in [-0.15, -0.1) is 0 Å². The Kier molecular flexibility index (Phi) is 6.65. The normalized spacial score (nSPS) is 11.2. The van der Waals surface area contributed by atoms with Crippen LogP contribution in [0.25, 0.3) is 34.0 Å². The van der Waals surface area contributed by atoms with Gasteiger partial charge in [0.05, 0.1) is 29.0 Å². The summed E-state index contributed by atoms with van der Waals surface area (Å²) in [7, 11) is 0. The van der Waals surface area contributed by atoms with Gasteiger partial charge < -0.3 is 16.2 Å². The minimum Gasteiger partial charge on any atom is -0.478 e. The van der Waals surface area contributed by atoms with Crippen LogP contribution in [-0.2, 0) is 11.3 Å². The maximum Gasteiger partial charge on any atom is 0.336 e. The number of carboxylic acid groups (broad SMARTS) is 1. The first-order valence-electron chi connectivity index (χ1n) is 11.7. The van der Waals surface area contributed by atoms with Crippen molar-refractivity contribution in [2.24, 2.45) is 0 Å². The number of amides is 1. The SMILES string of the molecule is Nc1ccc(C=CC(=O)NCc2cc3cc(-c4ccccc4C(=O)O)cc(-c4ccc(F)cc4)n3n2)cn1. The fourth-order valence-corrected chi connectivity index (χ4v) is 4.07. The Balaban J connectivity index is 1.48. The minimum atomic E-state index is -1.04. The molecule has 0 bridgehead atoms. The summed E-state index contributed by atoms with van der Waals surface area (Å²) in [5.74, 6) is -1.32. The number of aromatic nitrogens is 3. The van der Waals surface area contributed by atoms with E-state index in [0.29, 0.717) is 39.4 Å². The average Bonchev–Trinajstić information content (AvgIpc) is 3.34. The van der Waals surface area contributed by atoms with E-state index in [0.717, 1.165) is 5.56 Å². The molecule has 5 aromatic rings. The molecule has 3 aromatic heterocycles. The minimum absolute atomic E-state index is 0.161. The van der Waals surface area contributed by atoms with Crippen molar-refractivity contribution in [1.82, 2.24) is 19.9 Å². The highest BCUT2D eigenvalue weighted by atomic mass is 19.1. The quantitative estimate of drug-likeness (QED) is 0.272. The van der Waals surface area contributed by atoms with Gasteiger partial charge in [0, 0.05) is 17.8 Å². The maximum atomic E-state index is 13.6. The van der Waals surface area contributed by atoms with Gasteiger partial charge in [0.25, 0.3) is 0 Å². The molecule has 0 atom stereocenters. The number of nitrogens with zero attached hydrogens (tertiary/aromatic N) is 3. The Morgan fingerprint density at radius 3 is 2.53 bits per heavy atom. The summed E-state index contributed by atoms with van der Waals surface area (Å²) in [5, 5.41) is 17.2. The first-order valence-corrected chi connectivity index (χ1v) is 11.7. The first-order chi connectivity index (χ1) is 18.4. The smallest absolute Gasteiger partial charge is 0.336 e. The second kappa shape index (κ2) is 10.4. The molecule has 0 aliphatic carbocycles. The maximum absolute atomic E-state index is 13.6. The summed E-state index contributed by atoms with van der Waals surface area (Å²) in [6, 6.07) is 21.6. The van der Waals surface area contributed by atoms with Crippen molar-refractivity contribution in [1.29, 1.82) is 0 Å². The molecule has 8 nitrogen and oxygen atoms in total. The lowest BCUT2D eigenvalue weighted by Crippen LogP contribution is -2.20. The van der Waals surface area contributed by atoms with Crippen molar-refractivity contribution in [2.75, 3.05) is 5.73 Å². The predicted molar refractivity (Wildman–Crippen MR) is 143 cm³/mol. The van der Waals surface area contributed by atoms with E-state index in [4.69, 9.17) is 5.73 Å². The average molecular weight is 508 g/mol. The summed E-state index contributed by atoms with van der Waals surface area (Å²) in [5.41, 5.74) is 10.3. The van der Waals surface area contributed by atoms with Crippen molar-refractivity contribution in [3.63, 3.8) is 0 Å². The van der Waals surface area contributed by atoms with E-state index in [2.05, 4.69) is 15.4 Å². The number of rotatable bonds is 7. The van der Waals surface area contributed by atoms with Crippen LogP contribution in [0.1, 0.15) is 21.6 Å². The fraction of sp³-hybridized carbons (Fsp3) is 0.0345. The van der Waals surface area contributed by atoms with Gasteiger partial charge >= 0.3 is 5.97 Å². The molecule has 0 unspecified atom stereocenters. The van der Waals surface area contributed by atoms with Crippen LogP contribution in [0.4, 0.5) is 10.2 Å². The summed E-state index contributed by atoms with van der Waals surface area (Å²) < 4.78 is 15.3. The molecule has 3 heterocycles.